The average molecular weight is 376 g/mol. The number of nitrogens with zero attached hydrogens (tertiary/aromatic N) is 2. The average Bonchev–Trinajstić information content (AvgIpc) is 3.26. The summed E-state index contributed by atoms with van der Waals surface area (Å²) in [6.45, 7) is 5.70. The Hall–Kier alpha value is -1.63. The molecule has 2 atom stereocenters. The van der Waals surface area contributed by atoms with E-state index in [4.69, 9.17) is 14.2 Å². The van der Waals surface area contributed by atoms with Crippen LogP contribution >= 0.6 is 0 Å². The molecule has 0 bridgehead atoms. The summed E-state index contributed by atoms with van der Waals surface area (Å²) >= 11 is 0. The normalized spacial score (nSPS) is 23.6. The Morgan fingerprint density at radius 3 is 2.81 bits per heavy atom. The fourth-order valence-electron chi connectivity index (χ4n) is 3.63. The van der Waals surface area contributed by atoms with Crippen molar-refractivity contribution >= 4 is 5.96 Å². The van der Waals surface area contributed by atoms with Crippen molar-refractivity contribution < 1.29 is 14.2 Å². The smallest absolute Gasteiger partial charge is 0.193 e. The molecule has 27 heavy (non-hydrogen) atoms. The number of ether oxygens (including phenoxy) is 3. The van der Waals surface area contributed by atoms with Crippen molar-refractivity contribution in [1.29, 1.82) is 0 Å². The Kier molecular flexibility index (Phi) is 8.39. The van der Waals surface area contributed by atoms with Crippen LogP contribution < -0.4 is 5.32 Å². The minimum absolute atomic E-state index is 0.154. The number of nitrogens with one attached hydrogen (secondary N) is 1. The zero-order valence-corrected chi connectivity index (χ0v) is 16.4. The molecule has 2 aliphatic rings. The first-order chi connectivity index (χ1) is 13.4. The fourth-order valence-corrected chi connectivity index (χ4v) is 3.63. The third-order valence-corrected chi connectivity index (χ3v) is 5.11. The monoisotopic (exact) mass is 375 g/mol. The van der Waals surface area contributed by atoms with E-state index in [1.165, 1.54) is 5.56 Å². The molecule has 150 valence electrons. The van der Waals surface area contributed by atoms with Crippen LogP contribution in [0.1, 0.15) is 24.8 Å². The Morgan fingerprint density at radius 2 is 2.04 bits per heavy atom. The molecule has 2 unspecified atom stereocenters. The lowest BCUT2D eigenvalue weighted by Crippen LogP contribution is -2.53. The van der Waals surface area contributed by atoms with E-state index in [0.29, 0.717) is 0 Å². The third kappa shape index (κ3) is 6.48. The predicted octanol–water partition coefficient (Wildman–Crippen LogP) is 2.09. The summed E-state index contributed by atoms with van der Waals surface area (Å²) in [4.78, 5) is 6.72. The van der Waals surface area contributed by atoms with E-state index in [1.54, 1.807) is 0 Å². The molecule has 0 saturated carbocycles. The maximum absolute atomic E-state index is 5.92. The van der Waals surface area contributed by atoms with Gasteiger partial charge in [-0.2, -0.15) is 0 Å². The summed E-state index contributed by atoms with van der Waals surface area (Å²) in [5, 5.41) is 3.46. The second-order valence-corrected chi connectivity index (χ2v) is 7.08. The van der Waals surface area contributed by atoms with Gasteiger partial charge in [-0.3, -0.25) is 4.99 Å². The Morgan fingerprint density at radius 1 is 1.19 bits per heavy atom. The zero-order valence-electron chi connectivity index (χ0n) is 16.4. The molecule has 2 saturated heterocycles. The number of rotatable bonds is 8. The van der Waals surface area contributed by atoms with Gasteiger partial charge in [-0.05, 0) is 31.2 Å². The first-order valence-corrected chi connectivity index (χ1v) is 10.2. The molecule has 2 fully saturated rings. The molecule has 2 heterocycles. The number of morpholine rings is 1. The van der Waals surface area contributed by atoms with Gasteiger partial charge in [0, 0.05) is 39.9 Å². The highest BCUT2D eigenvalue weighted by molar-refractivity contribution is 5.80. The summed E-state index contributed by atoms with van der Waals surface area (Å²) in [5.74, 6) is 0.950. The Bertz CT molecular complexity index is 561. The van der Waals surface area contributed by atoms with Crippen LogP contribution in [0.2, 0.25) is 0 Å². The summed E-state index contributed by atoms with van der Waals surface area (Å²) in [5.41, 5.74) is 1.32. The quantitative estimate of drug-likeness (QED) is 0.428. The van der Waals surface area contributed by atoms with Crippen LogP contribution in [0.15, 0.2) is 35.3 Å². The van der Waals surface area contributed by atoms with Gasteiger partial charge in [0.05, 0.1) is 19.3 Å². The van der Waals surface area contributed by atoms with E-state index in [9.17, 15) is 0 Å². The SMILES string of the molecule is CN=C(NCCCOCCc1ccccc1)N1CCOC(C2CCCO2)C1. The summed E-state index contributed by atoms with van der Waals surface area (Å²) < 4.78 is 17.5. The number of benzene rings is 1. The van der Waals surface area contributed by atoms with Gasteiger partial charge in [0.15, 0.2) is 5.96 Å². The number of aliphatic imine (C=N–C) groups is 1. The minimum atomic E-state index is 0.154. The highest BCUT2D eigenvalue weighted by Gasteiger charge is 2.32. The highest BCUT2D eigenvalue weighted by atomic mass is 16.5. The highest BCUT2D eigenvalue weighted by Crippen LogP contribution is 2.21. The molecule has 1 aromatic carbocycles. The van der Waals surface area contributed by atoms with Gasteiger partial charge in [-0.25, -0.2) is 0 Å². The van der Waals surface area contributed by atoms with Gasteiger partial charge in [0.25, 0.3) is 0 Å². The summed E-state index contributed by atoms with van der Waals surface area (Å²) in [6, 6.07) is 10.5. The van der Waals surface area contributed by atoms with Crippen molar-refractivity contribution in [3.05, 3.63) is 35.9 Å². The number of guanidine groups is 1. The third-order valence-electron chi connectivity index (χ3n) is 5.11. The van der Waals surface area contributed by atoms with E-state index in [-0.39, 0.29) is 12.2 Å². The number of hydrogen-bond donors (Lipinski definition) is 1. The molecule has 3 rings (SSSR count). The maximum Gasteiger partial charge on any atom is 0.193 e. The maximum atomic E-state index is 5.92. The molecule has 1 aromatic rings. The van der Waals surface area contributed by atoms with Crippen molar-refractivity contribution in [1.82, 2.24) is 10.2 Å². The molecular formula is C21H33N3O3. The molecular weight excluding hydrogens is 342 g/mol. The van der Waals surface area contributed by atoms with Gasteiger partial charge in [0.2, 0.25) is 0 Å². The molecule has 0 radical (unpaired) electrons. The van der Waals surface area contributed by atoms with Crippen molar-refractivity contribution in [2.24, 2.45) is 4.99 Å². The summed E-state index contributed by atoms with van der Waals surface area (Å²) in [6.07, 6.45) is 4.57. The molecule has 2 aliphatic heterocycles. The first-order valence-electron chi connectivity index (χ1n) is 10.2. The molecule has 6 heteroatoms. The van der Waals surface area contributed by atoms with Crippen molar-refractivity contribution in [3.8, 4) is 0 Å². The second kappa shape index (κ2) is 11.3. The van der Waals surface area contributed by atoms with Crippen LogP contribution in [0.4, 0.5) is 0 Å². The zero-order chi connectivity index (χ0) is 18.7. The van der Waals surface area contributed by atoms with Gasteiger partial charge in [-0.15, -0.1) is 0 Å². The second-order valence-electron chi connectivity index (χ2n) is 7.08. The lowest BCUT2D eigenvalue weighted by Gasteiger charge is -2.37. The van der Waals surface area contributed by atoms with Gasteiger partial charge in [-0.1, -0.05) is 30.3 Å². The standard InChI is InChI=1S/C21H33N3O3/c1-22-21(24-12-16-27-20(17-24)19-9-5-14-26-19)23-11-6-13-25-15-10-18-7-3-2-4-8-18/h2-4,7-8,19-20H,5-6,9-17H2,1H3,(H,22,23). The van der Waals surface area contributed by atoms with E-state index in [1.807, 2.05) is 13.1 Å². The van der Waals surface area contributed by atoms with Gasteiger partial charge < -0.3 is 24.4 Å². The number of hydrogen-bond acceptors (Lipinski definition) is 4. The van der Waals surface area contributed by atoms with E-state index >= 15 is 0 Å². The predicted molar refractivity (Wildman–Crippen MR) is 107 cm³/mol. The van der Waals surface area contributed by atoms with E-state index < -0.39 is 0 Å². The largest absolute Gasteiger partial charge is 0.381 e. The summed E-state index contributed by atoms with van der Waals surface area (Å²) in [7, 11) is 1.84. The van der Waals surface area contributed by atoms with Crippen LogP contribution in [0.3, 0.4) is 0 Å². The van der Waals surface area contributed by atoms with Crippen LogP contribution in [0.25, 0.3) is 0 Å². The molecule has 0 aromatic heterocycles. The van der Waals surface area contributed by atoms with E-state index in [0.717, 1.165) is 77.7 Å². The van der Waals surface area contributed by atoms with Crippen LogP contribution in [-0.4, -0.2) is 76.2 Å². The fraction of sp³-hybridized carbons (Fsp3) is 0.667. The van der Waals surface area contributed by atoms with Crippen molar-refractivity contribution in [2.75, 3.05) is 53.1 Å². The topological polar surface area (TPSA) is 55.3 Å². The molecule has 6 nitrogen and oxygen atoms in total. The van der Waals surface area contributed by atoms with Gasteiger partial charge >= 0.3 is 0 Å². The van der Waals surface area contributed by atoms with Gasteiger partial charge in [0.1, 0.15) is 6.10 Å². The molecule has 0 spiro atoms. The van der Waals surface area contributed by atoms with Crippen LogP contribution in [0.5, 0.6) is 0 Å². The van der Waals surface area contributed by atoms with E-state index in [2.05, 4.69) is 39.5 Å². The molecule has 0 amide bonds. The van der Waals surface area contributed by atoms with Crippen molar-refractivity contribution in [2.45, 2.75) is 37.9 Å². The lowest BCUT2D eigenvalue weighted by molar-refractivity contribution is -0.0817. The lowest BCUT2D eigenvalue weighted by atomic mass is 10.1. The van der Waals surface area contributed by atoms with Crippen molar-refractivity contribution in [3.63, 3.8) is 0 Å². The Balaban J connectivity index is 1.29. The molecule has 1 N–H and O–H groups in total. The first kappa shape index (κ1) is 20.1. The minimum Gasteiger partial charge on any atom is -0.381 e. The van der Waals surface area contributed by atoms with Crippen LogP contribution in [-0.2, 0) is 20.6 Å². The molecule has 0 aliphatic carbocycles. The Labute approximate surface area is 162 Å². The van der Waals surface area contributed by atoms with Crippen LogP contribution in [0, 0.1) is 0 Å².